The van der Waals surface area contributed by atoms with E-state index in [0.29, 0.717) is 12.1 Å². The van der Waals surface area contributed by atoms with E-state index in [2.05, 4.69) is 14.7 Å². The van der Waals surface area contributed by atoms with Crippen molar-refractivity contribution in [3.8, 4) is 0 Å². The van der Waals surface area contributed by atoms with Gasteiger partial charge in [-0.3, -0.25) is 4.98 Å². The standard InChI is InChI=1S/C11H10N2O2S/c1-15-11(14)9-7-16-10(13-9)5-8-3-2-4-12-6-8/h2-4,6-7H,5H2,1H3. The Kier molecular flexibility index (Phi) is 3.26. The lowest BCUT2D eigenvalue weighted by Gasteiger charge is -1.95. The molecule has 0 aliphatic heterocycles. The van der Waals surface area contributed by atoms with E-state index in [1.807, 2.05) is 12.1 Å². The molecule has 0 spiro atoms. The predicted octanol–water partition coefficient (Wildman–Crippen LogP) is 1.92. The molecular formula is C11H10N2O2S. The van der Waals surface area contributed by atoms with Gasteiger partial charge in [-0.25, -0.2) is 9.78 Å². The van der Waals surface area contributed by atoms with Crippen LogP contribution in [-0.2, 0) is 11.2 Å². The van der Waals surface area contributed by atoms with Crippen LogP contribution in [0.25, 0.3) is 0 Å². The third-order valence-corrected chi connectivity index (χ3v) is 2.87. The van der Waals surface area contributed by atoms with Crippen molar-refractivity contribution < 1.29 is 9.53 Å². The number of hydrogen-bond donors (Lipinski definition) is 0. The Morgan fingerprint density at radius 2 is 2.44 bits per heavy atom. The molecule has 0 unspecified atom stereocenters. The van der Waals surface area contributed by atoms with Gasteiger partial charge in [0.25, 0.3) is 0 Å². The van der Waals surface area contributed by atoms with Crippen LogP contribution in [0.15, 0.2) is 29.9 Å². The number of thiazole rings is 1. The molecule has 0 aliphatic carbocycles. The Morgan fingerprint density at radius 1 is 1.56 bits per heavy atom. The zero-order valence-electron chi connectivity index (χ0n) is 8.71. The molecule has 0 amide bonds. The molecule has 2 aromatic heterocycles. The number of pyridine rings is 1. The van der Waals surface area contributed by atoms with Crippen LogP contribution >= 0.6 is 11.3 Å². The monoisotopic (exact) mass is 234 g/mol. The van der Waals surface area contributed by atoms with Crippen molar-refractivity contribution in [2.24, 2.45) is 0 Å². The molecule has 0 saturated heterocycles. The molecule has 0 fully saturated rings. The highest BCUT2D eigenvalue weighted by atomic mass is 32.1. The zero-order valence-corrected chi connectivity index (χ0v) is 9.53. The van der Waals surface area contributed by atoms with Gasteiger partial charge >= 0.3 is 5.97 Å². The summed E-state index contributed by atoms with van der Waals surface area (Å²) in [4.78, 5) is 19.4. The number of ether oxygens (including phenoxy) is 1. The highest BCUT2D eigenvalue weighted by molar-refractivity contribution is 7.09. The first-order valence-electron chi connectivity index (χ1n) is 4.71. The first kappa shape index (κ1) is 10.8. The van der Waals surface area contributed by atoms with Gasteiger partial charge < -0.3 is 4.74 Å². The summed E-state index contributed by atoms with van der Waals surface area (Å²) < 4.78 is 4.59. The van der Waals surface area contributed by atoms with Crippen molar-refractivity contribution in [1.29, 1.82) is 0 Å². The lowest BCUT2D eigenvalue weighted by molar-refractivity contribution is 0.0594. The molecule has 0 radical (unpaired) electrons. The van der Waals surface area contributed by atoms with E-state index >= 15 is 0 Å². The number of esters is 1. The zero-order chi connectivity index (χ0) is 11.4. The maximum absolute atomic E-state index is 11.2. The molecule has 0 aliphatic rings. The van der Waals surface area contributed by atoms with Crippen molar-refractivity contribution in [3.05, 3.63) is 46.2 Å². The second-order valence-electron chi connectivity index (χ2n) is 3.16. The summed E-state index contributed by atoms with van der Waals surface area (Å²) in [5.41, 5.74) is 1.44. The van der Waals surface area contributed by atoms with Crippen LogP contribution in [0.4, 0.5) is 0 Å². The number of nitrogens with zero attached hydrogens (tertiary/aromatic N) is 2. The summed E-state index contributed by atoms with van der Waals surface area (Å²) in [7, 11) is 1.35. The van der Waals surface area contributed by atoms with Crippen molar-refractivity contribution in [2.45, 2.75) is 6.42 Å². The van der Waals surface area contributed by atoms with Crippen LogP contribution in [0.5, 0.6) is 0 Å². The van der Waals surface area contributed by atoms with Crippen LogP contribution in [0.3, 0.4) is 0 Å². The van der Waals surface area contributed by atoms with Gasteiger partial charge in [0.1, 0.15) is 0 Å². The minimum absolute atomic E-state index is 0.367. The quantitative estimate of drug-likeness (QED) is 0.761. The average Bonchev–Trinajstić information content (AvgIpc) is 2.78. The lowest BCUT2D eigenvalue weighted by atomic mass is 10.2. The lowest BCUT2D eigenvalue weighted by Crippen LogP contribution is -2.01. The van der Waals surface area contributed by atoms with Crippen LogP contribution in [-0.4, -0.2) is 23.0 Å². The first-order valence-corrected chi connectivity index (χ1v) is 5.59. The Hall–Kier alpha value is -1.75. The number of carbonyl (C=O) groups is 1. The molecule has 2 rings (SSSR count). The van der Waals surface area contributed by atoms with Gasteiger partial charge in [0, 0.05) is 24.2 Å². The molecule has 2 heterocycles. The Labute approximate surface area is 96.9 Å². The van der Waals surface area contributed by atoms with E-state index < -0.39 is 5.97 Å². The largest absolute Gasteiger partial charge is 0.464 e. The second kappa shape index (κ2) is 4.85. The summed E-state index contributed by atoms with van der Waals surface area (Å²) in [6, 6.07) is 3.86. The van der Waals surface area contributed by atoms with Crippen LogP contribution in [0, 0.1) is 0 Å². The summed E-state index contributed by atoms with van der Waals surface area (Å²) in [5, 5.41) is 2.59. The number of hydrogen-bond acceptors (Lipinski definition) is 5. The predicted molar refractivity (Wildman–Crippen MR) is 60.5 cm³/mol. The SMILES string of the molecule is COC(=O)c1csc(Cc2cccnc2)n1. The molecule has 0 bridgehead atoms. The van der Waals surface area contributed by atoms with Crippen molar-refractivity contribution in [3.63, 3.8) is 0 Å². The normalized spacial score (nSPS) is 10.1. The molecule has 5 heteroatoms. The maximum Gasteiger partial charge on any atom is 0.357 e. The van der Waals surface area contributed by atoms with Gasteiger partial charge in [-0.1, -0.05) is 6.07 Å². The van der Waals surface area contributed by atoms with E-state index in [1.54, 1.807) is 17.8 Å². The van der Waals surface area contributed by atoms with E-state index in [4.69, 9.17) is 0 Å². The number of aromatic nitrogens is 2. The molecule has 0 atom stereocenters. The fourth-order valence-electron chi connectivity index (χ4n) is 1.27. The third kappa shape index (κ3) is 2.43. The van der Waals surface area contributed by atoms with Gasteiger partial charge in [-0.15, -0.1) is 11.3 Å². The van der Waals surface area contributed by atoms with Crippen molar-refractivity contribution >= 4 is 17.3 Å². The van der Waals surface area contributed by atoms with E-state index in [0.717, 1.165) is 10.6 Å². The minimum Gasteiger partial charge on any atom is -0.464 e. The van der Waals surface area contributed by atoms with E-state index in [1.165, 1.54) is 18.4 Å². The molecule has 4 nitrogen and oxygen atoms in total. The smallest absolute Gasteiger partial charge is 0.357 e. The topological polar surface area (TPSA) is 52.1 Å². The van der Waals surface area contributed by atoms with Gasteiger partial charge in [0.05, 0.1) is 12.1 Å². The highest BCUT2D eigenvalue weighted by Gasteiger charge is 2.10. The second-order valence-corrected chi connectivity index (χ2v) is 4.10. The molecule has 82 valence electrons. The molecule has 2 aromatic rings. The highest BCUT2D eigenvalue weighted by Crippen LogP contribution is 2.14. The molecule has 16 heavy (non-hydrogen) atoms. The van der Waals surface area contributed by atoms with Crippen LogP contribution in [0.1, 0.15) is 21.1 Å². The number of carbonyl (C=O) groups excluding carboxylic acids is 1. The molecule has 0 saturated carbocycles. The summed E-state index contributed by atoms with van der Waals surface area (Å²) >= 11 is 1.45. The summed E-state index contributed by atoms with van der Waals surface area (Å²) in [6.07, 6.45) is 4.21. The van der Waals surface area contributed by atoms with Gasteiger partial charge in [-0.05, 0) is 11.6 Å². The first-order chi connectivity index (χ1) is 7.79. The number of rotatable bonds is 3. The van der Waals surface area contributed by atoms with Crippen molar-refractivity contribution in [1.82, 2.24) is 9.97 Å². The molecule has 0 aromatic carbocycles. The molecular weight excluding hydrogens is 224 g/mol. The summed E-state index contributed by atoms with van der Waals surface area (Å²) in [5.74, 6) is -0.395. The maximum atomic E-state index is 11.2. The minimum atomic E-state index is -0.395. The third-order valence-electron chi connectivity index (χ3n) is 2.02. The Bertz CT molecular complexity index is 482. The Morgan fingerprint density at radius 3 is 3.12 bits per heavy atom. The molecule has 0 N–H and O–H groups in total. The van der Waals surface area contributed by atoms with Crippen LogP contribution < -0.4 is 0 Å². The van der Waals surface area contributed by atoms with Crippen LogP contribution in [0.2, 0.25) is 0 Å². The summed E-state index contributed by atoms with van der Waals surface area (Å²) in [6.45, 7) is 0. The van der Waals surface area contributed by atoms with Gasteiger partial charge in [-0.2, -0.15) is 0 Å². The Balaban J connectivity index is 2.12. The number of methoxy groups -OCH3 is 1. The fraction of sp³-hybridized carbons (Fsp3) is 0.182. The van der Waals surface area contributed by atoms with Gasteiger partial charge in [0.15, 0.2) is 5.69 Å². The fourth-order valence-corrected chi connectivity index (χ4v) is 2.07. The average molecular weight is 234 g/mol. The van der Waals surface area contributed by atoms with Gasteiger partial charge in [0.2, 0.25) is 0 Å². The van der Waals surface area contributed by atoms with Crippen molar-refractivity contribution in [2.75, 3.05) is 7.11 Å². The van der Waals surface area contributed by atoms with E-state index in [9.17, 15) is 4.79 Å². The van der Waals surface area contributed by atoms with E-state index in [-0.39, 0.29) is 0 Å².